The molecule has 2 N–H and O–H groups in total. The van der Waals surface area contributed by atoms with E-state index >= 15 is 0 Å². The van der Waals surface area contributed by atoms with Crippen molar-refractivity contribution in [2.75, 3.05) is 18.4 Å². The number of hydrogen-bond acceptors (Lipinski definition) is 9. The van der Waals surface area contributed by atoms with Crippen LogP contribution in [0.3, 0.4) is 0 Å². The first-order chi connectivity index (χ1) is 25.2. The van der Waals surface area contributed by atoms with Crippen LogP contribution in [0.2, 0.25) is 0 Å². The summed E-state index contributed by atoms with van der Waals surface area (Å²) in [6.07, 6.45) is 5.85. The van der Waals surface area contributed by atoms with E-state index in [2.05, 4.69) is 15.6 Å². The summed E-state index contributed by atoms with van der Waals surface area (Å²) in [6.45, 7) is 3.55. The Morgan fingerprint density at radius 3 is 2.44 bits per heavy atom. The molecule has 1 atom stereocenters. The van der Waals surface area contributed by atoms with E-state index in [-0.39, 0.29) is 62.3 Å². The van der Waals surface area contributed by atoms with Crippen LogP contribution in [0.15, 0.2) is 78.2 Å². The Labute approximate surface area is 302 Å². The van der Waals surface area contributed by atoms with Gasteiger partial charge in [-0.05, 0) is 66.1 Å². The SMILES string of the molecule is CCCC(=O)N(C=O)OC(=O)CCCC(=O)NCCCCN1N=C(c2ccc(NC(=O)N3Cc4ccncc4C3)cc2)C(c2ccccc2)CC1=O. The van der Waals surface area contributed by atoms with E-state index in [1.165, 1.54) is 5.01 Å². The molecule has 6 amide bonds. The van der Waals surface area contributed by atoms with Crippen molar-refractivity contribution < 1.29 is 33.6 Å². The van der Waals surface area contributed by atoms with Crippen molar-refractivity contribution in [1.29, 1.82) is 0 Å². The van der Waals surface area contributed by atoms with E-state index in [0.717, 1.165) is 28.0 Å². The Bertz CT molecular complexity index is 1760. The number of benzene rings is 2. The van der Waals surface area contributed by atoms with Crippen molar-refractivity contribution >= 4 is 47.5 Å². The highest BCUT2D eigenvalue weighted by Crippen LogP contribution is 2.31. The van der Waals surface area contributed by atoms with Crippen molar-refractivity contribution in [3.8, 4) is 0 Å². The molecule has 0 saturated heterocycles. The number of unbranched alkanes of at least 4 members (excludes halogenated alkanes) is 1. The number of hydroxylamine groups is 2. The number of hydrazone groups is 1. The molecular weight excluding hydrogens is 666 g/mol. The van der Waals surface area contributed by atoms with Gasteiger partial charge in [-0.2, -0.15) is 5.10 Å². The number of carbonyl (C=O) groups is 6. The van der Waals surface area contributed by atoms with Gasteiger partial charge in [0.2, 0.25) is 11.8 Å². The molecule has 14 heteroatoms. The maximum Gasteiger partial charge on any atom is 0.333 e. The molecule has 0 radical (unpaired) electrons. The lowest BCUT2D eigenvalue weighted by Gasteiger charge is -2.30. The number of urea groups is 1. The van der Waals surface area contributed by atoms with Gasteiger partial charge in [0.25, 0.3) is 12.3 Å². The molecule has 0 spiro atoms. The largest absolute Gasteiger partial charge is 0.356 e. The lowest BCUT2D eigenvalue weighted by molar-refractivity contribution is -0.196. The van der Waals surface area contributed by atoms with Crippen LogP contribution >= 0.6 is 0 Å². The number of imide groups is 1. The fourth-order valence-electron chi connectivity index (χ4n) is 6.02. The fourth-order valence-corrected chi connectivity index (χ4v) is 6.02. The highest BCUT2D eigenvalue weighted by atomic mass is 16.7. The molecule has 0 aliphatic carbocycles. The molecule has 272 valence electrons. The smallest absolute Gasteiger partial charge is 0.333 e. The number of anilines is 1. The number of amides is 6. The molecule has 0 bridgehead atoms. The van der Waals surface area contributed by atoms with Crippen molar-refractivity contribution in [1.82, 2.24) is 25.3 Å². The lowest BCUT2D eigenvalue weighted by Crippen LogP contribution is -2.37. The molecule has 0 saturated carbocycles. The van der Waals surface area contributed by atoms with Crippen LogP contribution in [0.25, 0.3) is 0 Å². The number of rotatable bonds is 15. The number of hydrogen-bond donors (Lipinski definition) is 2. The van der Waals surface area contributed by atoms with Crippen LogP contribution < -0.4 is 10.6 Å². The predicted molar refractivity (Wildman–Crippen MR) is 191 cm³/mol. The maximum atomic E-state index is 13.3. The molecule has 14 nitrogen and oxygen atoms in total. The van der Waals surface area contributed by atoms with Crippen LogP contribution in [0, 0.1) is 0 Å². The fraction of sp³-hybridized carbons (Fsp3) is 0.368. The number of nitrogens with one attached hydrogen (secondary N) is 2. The molecule has 1 unspecified atom stereocenters. The van der Waals surface area contributed by atoms with Crippen LogP contribution in [0.5, 0.6) is 0 Å². The summed E-state index contributed by atoms with van der Waals surface area (Å²) in [7, 11) is 0. The quantitative estimate of drug-likeness (QED) is 0.130. The van der Waals surface area contributed by atoms with Crippen molar-refractivity contribution in [2.24, 2.45) is 5.10 Å². The minimum atomic E-state index is -0.769. The lowest BCUT2D eigenvalue weighted by atomic mass is 9.86. The van der Waals surface area contributed by atoms with E-state index < -0.39 is 11.9 Å². The third kappa shape index (κ3) is 10.1. The second-order valence-electron chi connectivity index (χ2n) is 12.6. The zero-order chi connectivity index (χ0) is 36.9. The first kappa shape index (κ1) is 37.3. The van der Waals surface area contributed by atoms with Gasteiger partial charge in [0.05, 0.1) is 5.71 Å². The maximum absolute atomic E-state index is 13.3. The Morgan fingerprint density at radius 1 is 0.942 bits per heavy atom. The standard InChI is InChI=1S/C38H43N7O7/c1-2-9-34(48)45(26-46)52-36(50)13-8-12-33(47)40-19-6-7-21-44-35(49)22-32(27-10-4-3-5-11-27)37(42-44)28-14-16-31(17-15-28)41-38(51)43-24-29-18-20-39-23-30(29)25-43/h3-5,10-11,14-18,20,23,26,32H,2,6-9,12-13,19,21-22,24-25H2,1H3,(H,40,47)(H,41,51). The monoisotopic (exact) mass is 709 g/mol. The average molecular weight is 710 g/mol. The number of nitrogens with zero attached hydrogens (tertiary/aromatic N) is 5. The second kappa shape index (κ2) is 18.4. The normalized spacial score (nSPS) is 15.0. The van der Waals surface area contributed by atoms with Crippen molar-refractivity contribution in [3.63, 3.8) is 0 Å². The predicted octanol–water partition coefficient (Wildman–Crippen LogP) is 4.66. The van der Waals surface area contributed by atoms with Gasteiger partial charge in [-0.1, -0.05) is 49.4 Å². The zero-order valence-corrected chi connectivity index (χ0v) is 29.2. The van der Waals surface area contributed by atoms with Gasteiger partial charge in [0.15, 0.2) is 0 Å². The van der Waals surface area contributed by atoms with Gasteiger partial charge in [0, 0.05) is 75.9 Å². The average Bonchev–Trinajstić information content (AvgIpc) is 3.60. The summed E-state index contributed by atoms with van der Waals surface area (Å²) in [5.41, 5.74) is 5.35. The zero-order valence-electron chi connectivity index (χ0n) is 29.2. The topological polar surface area (TPSA) is 171 Å². The molecule has 52 heavy (non-hydrogen) atoms. The molecule has 3 heterocycles. The Balaban J connectivity index is 1.11. The van der Waals surface area contributed by atoms with Gasteiger partial charge < -0.3 is 20.4 Å². The summed E-state index contributed by atoms with van der Waals surface area (Å²) in [4.78, 5) is 83.9. The van der Waals surface area contributed by atoms with E-state index in [1.807, 2.05) is 60.7 Å². The van der Waals surface area contributed by atoms with Gasteiger partial charge >= 0.3 is 12.0 Å². The minimum Gasteiger partial charge on any atom is -0.356 e. The van der Waals surface area contributed by atoms with E-state index in [4.69, 9.17) is 9.94 Å². The number of carbonyl (C=O) groups excluding carboxylic acids is 6. The van der Waals surface area contributed by atoms with Crippen LogP contribution in [0.1, 0.15) is 86.5 Å². The van der Waals surface area contributed by atoms with Crippen LogP contribution in [0.4, 0.5) is 10.5 Å². The van der Waals surface area contributed by atoms with Crippen molar-refractivity contribution in [2.45, 2.75) is 77.3 Å². The second-order valence-corrected chi connectivity index (χ2v) is 12.6. The third-order valence-electron chi connectivity index (χ3n) is 8.78. The molecular formula is C38H43N7O7. The summed E-state index contributed by atoms with van der Waals surface area (Å²) in [5.74, 6) is -1.95. The number of fused-ring (bicyclic) bond motifs is 1. The first-order valence-electron chi connectivity index (χ1n) is 17.5. The van der Waals surface area contributed by atoms with E-state index in [9.17, 15) is 28.8 Å². The van der Waals surface area contributed by atoms with E-state index in [1.54, 1.807) is 24.2 Å². The molecule has 2 aliphatic heterocycles. The minimum absolute atomic E-state index is 0.0743. The van der Waals surface area contributed by atoms with Crippen LogP contribution in [-0.2, 0) is 41.9 Å². The van der Waals surface area contributed by atoms with E-state index in [0.29, 0.717) is 56.2 Å². The summed E-state index contributed by atoms with van der Waals surface area (Å²) in [5, 5.41) is 12.5. The molecule has 5 rings (SSSR count). The first-order valence-corrected chi connectivity index (χ1v) is 17.5. The molecule has 1 aromatic heterocycles. The summed E-state index contributed by atoms with van der Waals surface area (Å²) in [6, 6.07) is 19.0. The molecule has 2 aliphatic rings. The number of pyridine rings is 1. The van der Waals surface area contributed by atoms with Crippen molar-refractivity contribution in [3.05, 3.63) is 95.3 Å². The summed E-state index contributed by atoms with van der Waals surface area (Å²) < 4.78 is 0. The highest BCUT2D eigenvalue weighted by molar-refractivity contribution is 6.09. The highest BCUT2D eigenvalue weighted by Gasteiger charge is 2.31. The number of aromatic nitrogens is 1. The van der Waals surface area contributed by atoms with Gasteiger partial charge in [0.1, 0.15) is 0 Å². The summed E-state index contributed by atoms with van der Waals surface area (Å²) >= 11 is 0. The Hall–Kier alpha value is -5.92. The van der Waals surface area contributed by atoms with Crippen LogP contribution in [-0.4, -0.2) is 74.9 Å². The molecule has 0 fully saturated rings. The molecule has 2 aromatic carbocycles. The third-order valence-corrected chi connectivity index (χ3v) is 8.78. The van der Waals surface area contributed by atoms with Gasteiger partial charge in [-0.15, -0.1) is 5.06 Å². The van der Waals surface area contributed by atoms with Gasteiger partial charge in [-0.25, -0.2) is 14.6 Å². The van der Waals surface area contributed by atoms with Gasteiger partial charge in [-0.3, -0.25) is 24.2 Å². The Kier molecular flexibility index (Phi) is 13.2. The Morgan fingerprint density at radius 2 is 1.71 bits per heavy atom. The molecule has 3 aromatic rings.